The van der Waals surface area contributed by atoms with Gasteiger partial charge in [-0.25, -0.2) is 0 Å². The number of benzene rings is 1. The Labute approximate surface area is 106 Å². The van der Waals surface area contributed by atoms with Gasteiger partial charge in [-0.3, -0.25) is 9.59 Å². The third kappa shape index (κ3) is 1.96. The fourth-order valence-electron chi connectivity index (χ4n) is 2.30. The van der Waals surface area contributed by atoms with E-state index in [-0.39, 0.29) is 11.5 Å². The van der Waals surface area contributed by atoms with Crippen molar-refractivity contribution in [2.45, 2.75) is 33.2 Å². The number of hydrogen-bond donors (Lipinski definition) is 0. The molecule has 94 valence electrons. The lowest BCUT2D eigenvalue weighted by atomic mass is 9.97. The van der Waals surface area contributed by atoms with Crippen LogP contribution in [0.5, 0.6) is 0 Å². The van der Waals surface area contributed by atoms with Gasteiger partial charge in [-0.1, -0.05) is 13.8 Å². The molecule has 0 aliphatic heterocycles. The number of carbonyl (C=O) groups excluding carboxylic acids is 1. The molecular formula is C15H17NO2. The molecule has 3 nitrogen and oxygen atoms in total. The monoisotopic (exact) mass is 243 g/mol. The number of aromatic nitrogens is 1. The minimum atomic E-state index is 0.0209. The molecule has 1 aromatic heterocycles. The van der Waals surface area contributed by atoms with Crippen molar-refractivity contribution in [1.82, 2.24) is 4.57 Å². The van der Waals surface area contributed by atoms with E-state index in [0.29, 0.717) is 12.1 Å². The summed E-state index contributed by atoms with van der Waals surface area (Å²) in [6, 6.07) is 7.16. The Morgan fingerprint density at radius 3 is 2.56 bits per heavy atom. The zero-order valence-electron chi connectivity index (χ0n) is 10.9. The van der Waals surface area contributed by atoms with Gasteiger partial charge in [-0.05, 0) is 36.6 Å². The molecule has 3 heteroatoms. The van der Waals surface area contributed by atoms with Crippen LogP contribution >= 0.6 is 0 Å². The maximum absolute atomic E-state index is 12.0. The summed E-state index contributed by atoms with van der Waals surface area (Å²) in [5, 5.41) is 0.996. The molecule has 2 aromatic rings. The van der Waals surface area contributed by atoms with Crippen LogP contribution in [0.3, 0.4) is 0 Å². The van der Waals surface area contributed by atoms with Gasteiger partial charge in [0.05, 0.1) is 5.52 Å². The summed E-state index contributed by atoms with van der Waals surface area (Å²) in [4.78, 5) is 22.9. The van der Waals surface area contributed by atoms with Crippen LogP contribution < -0.4 is 5.56 Å². The van der Waals surface area contributed by atoms with Crippen molar-refractivity contribution in [2.24, 2.45) is 0 Å². The number of nitrogens with zero attached hydrogens (tertiary/aromatic N) is 1. The van der Waals surface area contributed by atoms with Crippen LogP contribution in [0.2, 0.25) is 0 Å². The first-order chi connectivity index (χ1) is 8.58. The molecule has 0 N–H and O–H groups in total. The molecule has 0 unspecified atom stereocenters. The van der Waals surface area contributed by atoms with Crippen LogP contribution in [0.25, 0.3) is 10.9 Å². The van der Waals surface area contributed by atoms with Crippen molar-refractivity contribution in [2.75, 3.05) is 0 Å². The van der Waals surface area contributed by atoms with E-state index in [1.807, 2.05) is 19.1 Å². The van der Waals surface area contributed by atoms with Crippen molar-refractivity contribution in [3.8, 4) is 0 Å². The van der Waals surface area contributed by atoms with E-state index in [0.717, 1.165) is 22.8 Å². The molecule has 1 aromatic carbocycles. The second-order valence-electron chi connectivity index (χ2n) is 4.73. The smallest absolute Gasteiger partial charge is 0.251 e. The number of hydrogen-bond acceptors (Lipinski definition) is 2. The second kappa shape index (κ2) is 4.77. The van der Waals surface area contributed by atoms with Gasteiger partial charge >= 0.3 is 0 Å². The first kappa shape index (κ1) is 12.6. The van der Waals surface area contributed by atoms with Gasteiger partial charge in [-0.2, -0.15) is 0 Å². The standard InChI is InChI=1S/C15H17NO2/c1-4-16-14-6-5-11(9-17)7-13(14)12(10(2)3)8-15(16)18/h5-10H,4H2,1-3H3. The van der Waals surface area contributed by atoms with Crippen LogP contribution in [-0.2, 0) is 6.54 Å². The number of carbonyl (C=O) groups is 1. The van der Waals surface area contributed by atoms with E-state index in [2.05, 4.69) is 13.8 Å². The molecule has 0 bridgehead atoms. The van der Waals surface area contributed by atoms with Crippen molar-refractivity contribution >= 4 is 17.2 Å². The molecule has 18 heavy (non-hydrogen) atoms. The molecule has 0 saturated carbocycles. The predicted octanol–water partition coefficient (Wildman–Crippen LogP) is 2.96. The summed E-state index contributed by atoms with van der Waals surface area (Å²) in [6.07, 6.45) is 0.838. The van der Waals surface area contributed by atoms with E-state index in [1.54, 1.807) is 16.7 Å². The Morgan fingerprint density at radius 1 is 1.28 bits per heavy atom. The number of fused-ring (bicyclic) bond motifs is 1. The van der Waals surface area contributed by atoms with E-state index in [1.165, 1.54) is 0 Å². The molecule has 0 saturated heterocycles. The molecule has 1 heterocycles. The second-order valence-corrected chi connectivity index (χ2v) is 4.73. The Morgan fingerprint density at radius 2 is 2.00 bits per heavy atom. The first-order valence-corrected chi connectivity index (χ1v) is 6.21. The fourth-order valence-corrected chi connectivity index (χ4v) is 2.30. The zero-order valence-corrected chi connectivity index (χ0v) is 10.9. The average molecular weight is 243 g/mol. The summed E-state index contributed by atoms with van der Waals surface area (Å²) in [6.45, 7) is 6.69. The van der Waals surface area contributed by atoms with E-state index >= 15 is 0 Å². The number of aldehydes is 1. The number of aryl methyl sites for hydroxylation is 1. The van der Waals surface area contributed by atoms with Crippen molar-refractivity contribution in [1.29, 1.82) is 0 Å². The van der Waals surface area contributed by atoms with E-state index < -0.39 is 0 Å². The molecule has 0 aliphatic rings. The normalized spacial score (nSPS) is 11.1. The minimum Gasteiger partial charge on any atom is -0.309 e. The summed E-state index contributed by atoms with van der Waals surface area (Å²) in [5.74, 6) is 0.258. The van der Waals surface area contributed by atoms with Crippen molar-refractivity contribution < 1.29 is 4.79 Å². The Kier molecular flexibility index (Phi) is 3.32. The van der Waals surface area contributed by atoms with Crippen molar-refractivity contribution in [3.05, 3.63) is 45.7 Å². The molecule has 0 atom stereocenters. The quantitative estimate of drug-likeness (QED) is 0.777. The summed E-state index contributed by atoms with van der Waals surface area (Å²) in [5.41, 5.74) is 2.57. The number of rotatable bonds is 3. The van der Waals surface area contributed by atoms with Crippen LogP contribution in [-0.4, -0.2) is 10.9 Å². The highest BCUT2D eigenvalue weighted by atomic mass is 16.1. The summed E-state index contributed by atoms with van der Waals surface area (Å²) >= 11 is 0. The summed E-state index contributed by atoms with van der Waals surface area (Å²) in [7, 11) is 0. The molecule has 2 rings (SSSR count). The average Bonchev–Trinajstić information content (AvgIpc) is 2.37. The predicted molar refractivity (Wildman–Crippen MR) is 73.4 cm³/mol. The third-order valence-electron chi connectivity index (χ3n) is 3.24. The molecule has 0 spiro atoms. The third-order valence-corrected chi connectivity index (χ3v) is 3.24. The molecule has 0 aliphatic carbocycles. The highest BCUT2D eigenvalue weighted by Crippen LogP contribution is 2.24. The lowest BCUT2D eigenvalue weighted by molar-refractivity contribution is 0.112. The highest BCUT2D eigenvalue weighted by Gasteiger charge is 2.11. The summed E-state index contributed by atoms with van der Waals surface area (Å²) < 4.78 is 1.73. The van der Waals surface area contributed by atoms with Gasteiger partial charge < -0.3 is 4.57 Å². The van der Waals surface area contributed by atoms with Crippen LogP contribution in [0.1, 0.15) is 42.6 Å². The number of pyridine rings is 1. The molecule has 0 radical (unpaired) electrons. The topological polar surface area (TPSA) is 39.1 Å². The van der Waals surface area contributed by atoms with Gasteiger partial charge in [-0.15, -0.1) is 0 Å². The van der Waals surface area contributed by atoms with Gasteiger partial charge in [0, 0.05) is 23.6 Å². The fraction of sp³-hybridized carbons (Fsp3) is 0.333. The molecular weight excluding hydrogens is 226 g/mol. The van der Waals surface area contributed by atoms with Crippen LogP contribution in [0.15, 0.2) is 29.1 Å². The van der Waals surface area contributed by atoms with Gasteiger partial charge in [0.1, 0.15) is 6.29 Å². The van der Waals surface area contributed by atoms with Gasteiger partial charge in [0.25, 0.3) is 5.56 Å². The largest absolute Gasteiger partial charge is 0.309 e. The maximum Gasteiger partial charge on any atom is 0.251 e. The SMILES string of the molecule is CCn1c(=O)cc(C(C)C)c2cc(C=O)ccc21. The van der Waals surface area contributed by atoms with Gasteiger partial charge in [0.15, 0.2) is 0 Å². The van der Waals surface area contributed by atoms with Crippen LogP contribution in [0, 0.1) is 0 Å². The Bertz CT molecular complexity index is 653. The lowest BCUT2D eigenvalue weighted by Gasteiger charge is -2.14. The Balaban J connectivity index is 2.93. The zero-order chi connectivity index (χ0) is 13.3. The maximum atomic E-state index is 12.0. The van der Waals surface area contributed by atoms with Gasteiger partial charge in [0.2, 0.25) is 0 Å². The van der Waals surface area contributed by atoms with E-state index in [9.17, 15) is 9.59 Å². The molecule has 0 amide bonds. The lowest BCUT2D eigenvalue weighted by Crippen LogP contribution is -2.20. The minimum absolute atomic E-state index is 0.0209. The first-order valence-electron chi connectivity index (χ1n) is 6.21. The Hall–Kier alpha value is -1.90. The highest BCUT2D eigenvalue weighted by molar-refractivity contribution is 5.89. The van der Waals surface area contributed by atoms with Crippen molar-refractivity contribution in [3.63, 3.8) is 0 Å². The molecule has 0 fully saturated rings. The van der Waals surface area contributed by atoms with Crippen LogP contribution in [0.4, 0.5) is 0 Å². The van der Waals surface area contributed by atoms with E-state index in [4.69, 9.17) is 0 Å².